The molecule has 0 N–H and O–H groups in total. The average Bonchev–Trinajstić information content (AvgIpc) is 3.47. The Labute approximate surface area is 351 Å². The van der Waals surface area contributed by atoms with Crippen LogP contribution >= 0.6 is 0 Å². The highest BCUT2D eigenvalue weighted by Crippen LogP contribution is 2.49. The van der Waals surface area contributed by atoms with E-state index in [2.05, 4.69) is 197 Å². The number of carbonyl (C=O) groups is 2. The van der Waals surface area contributed by atoms with Crippen LogP contribution in [0.25, 0.3) is 34.1 Å². The van der Waals surface area contributed by atoms with Gasteiger partial charge >= 0.3 is 0 Å². The van der Waals surface area contributed by atoms with E-state index in [9.17, 15) is 4.79 Å². The topological polar surface area (TPSA) is 34.1 Å². The summed E-state index contributed by atoms with van der Waals surface area (Å²) in [6.45, 7) is 25.4. The number of fused-ring (bicyclic) bond motifs is 4. The van der Waals surface area contributed by atoms with E-state index in [4.69, 9.17) is 4.79 Å². The largest absolute Gasteiger partial charge is 0.307 e. The molecule has 2 nitrogen and oxygen atoms in total. The van der Waals surface area contributed by atoms with Crippen molar-refractivity contribution in [1.29, 1.82) is 0 Å². The third-order valence-electron chi connectivity index (χ3n) is 9.85. The molecule has 1 aliphatic carbocycles. The van der Waals surface area contributed by atoms with Gasteiger partial charge in [0.25, 0.3) is 0 Å². The Balaban J connectivity index is 0.000000297. The van der Waals surface area contributed by atoms with Crippen LogP contribution in [0.3, 0.4) is 0 Å². The maximum atomic E-state index is 10.9. The van der Waals surface area contributed by atoms with E-state index in [-0.39, 0.29) is 5.41 Å². The molecule has 6 aromatic rings. The number of hydrogen-bond donors (Lipinski definition) is 0. The fourth-order valence-corrected chi connectivity index (χ4v) is 6.32. The van der Waals surface area contributed by atoms with Crippen LogP contribution in [0, 0.1) is 20.8 Å². The summed E-state index contributed by atoms with van der Waals surface area (Å²) in [6, 6.07) is 46.9. The SMILES string of the molecule is C/C=C(C)\C=C/c1ccc2c(c1)C(C)(C)c1ccc(/C=C(\C)C=O)cc1-2.C=O.CCC.CCc1ccccc1.Cc1cc2ccccc2cc1C.Cc1ccccc1. The van der Waals surface area contributed by atoms with Crippen molar-refractivity contribution in [3.05, 3.63) is 201 Å². The minimum atomic E-state index is -0.0217. The van der Waals surface area contributed by atoms with E-state index in [0.29, 0.717) is 0 Å². The molecule has 2 heteroatoms. The molecule has 0 bridgehead atoms. The lowest BCUT2D eigenvalue weighted by Crippen LogP contribution is -2.15. The molecule has 0 aromatic heterocycles. The van der Waals surface area contributed by atoms with Gasteiger partial charge in [-0.05, 0) is 127 Å². The predicted octanol–water partition coefficient (Wildman–Crippen LogP) is 15.5. The molecule has 0 fully saturated rings. The van der Waals surface area contributed by atoms with Gasteiger partial charge in [-0.15, -0.1) is 0 Å². The lowest BCUT2D eigenvalue weighted by molar-refractivity contribution is -0.104. The van der Waals surface area contributed by atoms with Gasteiger partial charge in [0.15, 0.2) is 0 Å². The lowest BCUT2D eigenvalue weighted by atomic mass is 9.82. The molecule has 302 valence electrons. The monoisotopic (exact) mass is 771 g/mol. The summed E-state index contributed by atoms with van der Waals surface area (Å²) in [7, 11) is 0. The van der Waals surface area contributed by atoms with E-state index < -0.39 is 0 Å². The Hall–Kier alpha value is -5.86. The van der Waals surface area contributed by atoms with Gasteiger partial charge in [0.1, 0.15) is 13.1 Å². The van der Waals surface area contributed by atoms with Gasteiger partial charge in [-0.1, -0.05) is 198 Å². The van der Waals surface area contributed by atoms with Crippen LogP contribution in [0.5, 0.6) is 0 Å². The van der Waals surface area contributed by atoms with Crippen LogP contribution in [0.15, 0.2) is 157 Å². The Morgan fingerprint density at radius 1 is 0.603 bits per heavy atom. The van der Waals surface area contributed by atoms with Crippen LogP contribution in [0.4, 0.5) is 0 Å². The second-order valence-electron chi connectivity index (χ2n) is 15.1. The molecule has 0 spiro atoms. The zero-order chi connectivity index (χ0) is 43.1. The molecule has 0 saturated carbocycles. The van der Waals surface area contributed by atoms with Gasteiger partial charge < -0.3 is 4.79 Å². The molecule has 1 aliphatic rings. The molecule has 0 radical (unpaired) electrons. The Bertz CT molecular complexity index is 2190. The highest BCUT2D eigenvalue weighted by Gasteiger charge is 2.35. The standard InChI is InChI=1S/C25H26O.C12H12.C8H10.C7H8.C3H8.CH2O/c1-6-17(2)7-8-19-9-11-21-22-14-20(13-18(3)16-26)10-12-23(22)25(4,5)24(21)15-19;1-9-7-11-5-3-4-6-12(11)8-10(9)2;1-2-8-6-4-3-5-7-8;1-7-5-3-2-4-6-7;1-3-2;1-2/h6-16H,1-5H3;3-8H,1-2H3;3-7H,2H2,1H3;2-6H,1H3;3H2,1-2H3;1H2/b8-7-,17-6-,18-13+;;;;;. The summed E-state index contributed by atoms with van der Waals surface area (Å²) in [6.07, 6.45) is 11.7. The fourth-order valence-electron chi connectivity index (χ4n) is 6.32. The summed E-state index contributed by atoms with van der Waals surface area (Å²) in [5.74, 6) is 0. The van der Waals surface area contributed by atoms with E-state index in [1.54, 1.807) is 0 Å². The number of carbonyl (C=O) groups excluding carboxylic acids is 2. The number of hydrogen-bond acceptors (Lipinski definition) is 2. The van der Waals surface area contributed by atoms with Crippen molar-refractivity contribution < 1.29 is 9.59 Å². The first-order valence-corrected chi connectivity index (χ1v) is 20.4. The summed E-state index contributed by atoms with van der Waals surface area (Å²) < 4.78 is 0. The van der Waals surface area contributed by atoms with E-state index in [1.807, 2.05) is 44.1 Å². The number of allylic oxidation sites excluding steroid dienone is 4. The third-order valence-corrected chi connectivity index (χ3v) is 9.85. The predicted molar refractivity (Wildman–Crippen MR) is 256 cm³/mol. The van der Waals surface area contributed by atoms with Crippen molar-refractivity contribution in [3.8, 4) is 11.1 Å². The molecular formula is C56H66O2. The van der Waals surface area contributed by atoms with E-state index >= 15 is 0 Å². The molecule has 0 unspecified atom stereocenters. The molecule has 0 atom stereocenters. The first-order chi connectivity index (χ1) is 27.9. The minimum absolute atomic E-state index is 0.0217. The van der Waals surface area contributed by atoms with E-state index in [0.717, 1.165) is 23.8 Å². The number of aryl methyl sites for hydroxylation is 4. The van der Waals surface area contributed by atoms with Crippen LogP contribution in [-0.2, 0) is 21.4 Å². The van der Waals surface area contributed by atoms with Gasteiger partial charge in [-0.3, -0.25) is 4.79 Å². The average molecular weight is 771 g/mol. The zero-order valence-corrected chi connectivity index (χ0v) is 37.0. The highest BCUT2D eigenvalue weighted by atomic mass is 16.1. The van der Waals surface area contributed by atoms with Crippen molar-refractivity contribution in [2.24, 2.45) is 0 Å². The van der Waals surface area contributed by atoms with Crippen LogP contribution in [0.1, 0.15) is 106 Å². The van der Waals surface area contributed by atoms with Crippen molar-refractivity contribution in [2.75, 3.05) is 0 Å². The fraction of sp³-hybridized carbons (Fsp3) is 0.250. The molecule has 7 rings (SSSR count). The first kappa shape index (κ1) is 48.3. The normalized spacial score (nSPS) is 12.0. The summed E-state index contributed by atoms with van der Waals surface area (Å²) >= 11 is 0. The zero-order valence-electron chi connectivity index (χ0n) is 37.0. The maximum absolute atomic E-state index is 10.9. The maximum Gasteiger partial charge on any atom is 0.145 e. The molecule has 0 aliphatic heterocycles. The summed E-state index contributed by atoms with van der Waals surface area (Å²) in [5, 5.41) is 2.67. The molecular weight excluding hydrogens is 705 g/mol. The summed E-state index contributed by atoms with van der Waals surface area (Å²) in [5.41, 5.74) is 15.0. The number of aldehydes is 1. The molecule has 58 heavy (non-hydrogen) atoms. The van der Waals surface area contributed by atoms with Gasteiger partial charge in [0.05, 0.1) is 0 Å². The van der Waals surface area contributed by atoms with Crippen LogP contribution in [0.2, 0.25) is 0 Å². The van der Waals surface area contributed by atoms with Gasteiger partial charge in [-0.25, -0.2) is 0 Å². The third kappa shape index (κ3) is 14.9. The highest BCUT2D eigenvalue weighted by molar-refractivity contribution is 5.86. The quantitative estimate of drug-likeness (QED) is 0.0994. The second-order valence-corrected chi connectivity index (χ2v) is 15.1. The minimum Gasteiger partial charge on any atom is -0.307 e. The smallest absolute Gasteiger partial charge is 0.145 e. The van der Waals surface area contributed by atoms with Crippen molar-refractivity contribution >= 4 is 36.0 Å². The van der Waals surface area contributed by atoms with Gasteiger partial charge in [0.2, 0.25) is 0 Å². The second kappa shape index (κ2) is 25.4. The summed E-state index contributed by atoms with van der Waals surface area (Å²) in [4.78, 5) is 18.9. The number of rotatable bonds is 5. The lowest BCUT2D eigenvalue weighted by Gasteiger charge is -2.21. The van der Waals surface area contributed by atoms with Crippen LogP contribution in [-0.4, -0.2) is 13.1 Å². The van der Waals surface area contributed by atoms with E-state index in [1.165, 1.54) is 72.8 Å². The Morgan fingerprint density at radius 2 is 1.12 bits per heavy atom. The van der Waals surface area contributed by atoms with Crippen molar-refractivity contribution in [1.82, 2.24) is 0 Å². The Morgan fingerprint density at radius 3 is 1.59 bits per heavy atom. The molecule has 0 saturated heterocycles. The molecule has 0 amide bonds. The van der Waals surface area contributed by atoms with Gasteiger partial charge in [-0.2, -0.15) is 0 Å². The van der Waals surface area contributed by atoms with Crippen molar-refractivity contribution in [3.63, 3.8) is 0 Å². The number of benzene rings is 6. The first-order valence-electron chi connectivity index (χ1n) is 20.4. The molecule has 6 aromatic carbocycles. The Kier molecular flexibility index (Phi) is 21.2. The van der Waals surface area contributed by atoms with Crippen LogP contribution < -0.4 is 0 Å². The molecule has 0 heterocycles. The van der Waals surface area contributed by atoms with Gasteiger partial charge in [0, 0.05) is 5.41 Å². The van der Waals surface area contributed by atoms with Crippen molar-refractivity contribution in [2.45, 2.75) is 94.4 Å².